The number of aromatic nitrogens is 5. The first kappa shape index (κ1) is 30.2. The zero-order valence-corrected chi connectivity index (χ0v) is 24.8. The van der Waals surface area contributed by atoms with E-state index in [2.05, 4.69) is 57.5 Å². The Morgan fingerprint density at radius 1 is 0.892 bits per heavy atom. The average molecular weight is 508 g/mol. The lowest BCUT2D eigenvalue weighted by molar-refractivity contribution is 0.399. The van der Waals surface area contributed by atoms with Gasteiger partial charge in [0.25, 0.3) is 5.56 Å². The highest BCUT2D eigenvalue weighted by Crippen LogP contribution is 2.32. The number of hydrogen-bond acceptors (Lipinski definition) is 5. The van der Waals surface area contributed by atoms with E-state index in [1.807, 2.05) is 41.5 Å². The van der Waals surface area contributed by atoms with Crippen LogP contribution in [0.2, 0.25) is 0 Å². The van der Waals surface area contributed by atoms with Crippen LogP contribution in [0, 0.1) is 13.8 Å². The molecule has 0 amide bonds. The van der Waals surface area contributed by atoms with Gasteiger partial charge >= 0.3 is 0 Å². The van der Waals surface area contributed by atoms with Crippen molar-refractivity contribution >= 4 is 22.2 Å². The van der Waals surface area contributed by atoms with Crippen LogP contribution in [-0.4, -0.2) is 36.3 Å². The van der Waals surface area contributed by atoms with Gasteiger partial charge in [0.2, 0.25) is 0 Å². The van der Waals surface area contributed by atoms with Gasteiger partial charge in [0.1, 0.15) is 11.2 Å². The van der Waals surface area contributed by atoms with Gasteiger partial charge in [-0.15, -0.1) is 0 Å². The second-order valence-electron chi connectivity index (χ2n) is 9.93. The largest absolute Gasteiger partial charge is 0.400 e. The molecule has 37 heavy (non-hydrogen) atoms. The Hall–Kier alpha value is -3.06. The van der Waals surface area contributed by atoms with E-state index < -0.39 is 0 Å². The first-order chi connectivity index (χ1) is 17.5. The number of aryl methyl sites for hydroxylation is 3. The molecule has 0 bridgehead atoms. The Bertz CT molecular complexity index is 1430. The minimum absolute atomic E-state index is 0.00165. The minimum Gasteiger partial charge on any atom is -0.400 e. The summed E-state index contributed by atoms with van der Waals surface area (Å²) in [7, 11) is 1.00. The molecular formula is C30H45N5O2. The van der Waals surface area contributed by atoms with Gasteiger partial charge in [0.05, 0.1) is 22.4 Å². The van der Waals surface area contributed by atoms with Crippen LogP contribution in [-0.2, 0) is 6.42 Å². The van der Waals surface area contributed by atoms with Gasteiger partial charge in [-0.25, -0.2) is 15.0 Å². The maximum Gasteiger partial charge on any atom is 0.274 e. The predicted octanol–water partition coefficient (Wildman–Crippen LogP) is 6.91. The third kappa shape index (κ3) is 5.61. The van der Waals surface area contributed by atoms with Gasteiger partial charge in [-0.2, -0.15) is 0 Å². The fraction of sp³-hybridized carbons (Fsp3) is 0.533. The van der Waals surface area contributed by atoms with Crippen molar-refractivity contribution in [3.05, 3.63) is 51.2 Å². The smallest absolute Gasteiger partial charge is 0.274 e. The molecule has 0 fully saturated rings. The summed E-state index contributed by atoms with van der Waals surface area (Å²) in [6.07, 6.45) is 2.93. The highest BCUT2D eigenvalue weighted by molar-refractivity contribution is 5.86. The summed E-state index contributed by atoms with van der Waals surface area (Å²) in [6, 6.07) is 4.68. The molecule has 7 nitrogen and oxygen atoms in total. The summed E-state index contributed by atoms with van der Waals surface area (Å²) in [5.74, 6) is 0.0378. The molecule has 7 heteroatoms. The zero-order chi connectivity index (χ0) is 28.2. The molecule has 4 aromatic heterocycles. The zero-order valence-electron chi connectivity index (χ0n) is 24.8. The van der Waals surface area contributed by atoms with E-state index in [1.54, 1.807) is 4.57 Å². The van der Waals surface area contributed by atoms with Gasteiger partial charge < -0.3 is 9.67 Å². The number of nitrogens with zero attached hydrogens (tertiary/aromatic N) is 5. The van der Waals surface area contributed by atoms with E-state index in [0.29, 0.717) is 17.4 Å². The van der Waals surface area contributed by atoms with E-state index in [4.69, 9.17) is 20.1 Å². The van der Waals surface area contributed by atoms with Crippen molar-refractivity contribution < 1.29 is 5.11 Å². The van der Waals surface area contributed by atoms with Gasteiger partial charge in [-0.3, -0.25) is 9.36 Å². The van der Waals surface area contributed by atoms with Crippen LogP contribution in [0.15, 0.2) is 23.1 Å². The Morgan fingerprint density at radius 3 is 2.03 bits per heavy atom. The van der Waals surface area contributed by atoms with Gasteiger partial charge in [-0.1, -0.05) is 34.6 Å². The molecule has 0 aliphatic rings. The number of pyridine rings is 2. The minimum atomic E-state index is -0.0452. The van der Waals surface area contributed by atoms with Crippen molar-refractivity contribution in [2.75, 3.05) is 7.11 Å². The van der Waals surface area contributed by atoms with Crippen LogP contribution in [0.4, 0.5) is 0 Å². The summed E-state index contributed by atoms with van der Waals surface area (Å²) < 4.78 is 4.07. The van der Waals surface area contributed by atoms with Gasteiger partial charge in [0.15, 0.2) is 5.65 Å². The van der Waals surface area contributed by atoms with Crippen molar-refractivity contribution in [1.82, 2.24) is 24.1 Å². The predicted molar refractivity (Wildman–Crippen MR) is 156 cm³/mol. The second kappa shape index (κ2) is 12.5. The van der Waals surface area contributed by atoms with Crippen molar-refractivity contribution in [1.29, 1.82) is 0 Å². The van der Waals surface area contributed by atoms with E-state index in [1.165, 1.54) is 5.56 Å². The Kier molecular flexibility index (Phi) is 10.2. The van der Waals surface area contributed by atoms with Crippen LogP contribution < -0.4 is 5.56 Å². The lowest BCUT2D eigenvalue weighted by Crippen LogP contribution is -2.28. The summed E-state index contributed by atoms with van der Waals surface area (Å²) in [6.45, 7) is 22.8. The van der Waals surface area contributed by atoms with Crippen LogP contribution >= 0.6 is 0 Å². The van der Waals surface area contributed by atoms with Crippen molar-refractivity contribution in [3.63, 3.8) is 0 Å². The molecule has 4 aromatic rings. The third-order valence-electron chi connectivity index (χ3n) is 6.36. The topological polar surface area (TPSA) is 85.8 Å². The number of aliphatic hydroxyl groups excluding tert-OH is 1. The maximum atomic E-state index is 13.2. The van der Waals surface area contributed by atoms with E-state index >= 15 is 0 Å². The van der Waals surface area contributed by atoms with E-state index in [-0.39, 0.29) is 17.5 Å². The van der Waals surface area contributed by atoms with Crippen LogP contribution in [0.3, 0.4) is 0 Å². The molecule has 0 saturated carbocycles. The molecule has 0 spiro atoms. The molecule has 0 unspecified atom stereocenters. The third-order valence-corrected chi connectivity index (χ3v) is 6.36. The van der Waals surface area contributed by atoms with Crippen molar-refractivity contribution in [2.45, 2.75) is 101 Å². The van der Waals surface area contributed by atoms with E-state index in [9.17, 15) is 4.79 Å². The quantitative estimate of drug-likeness (QED) is 0.317. The molecule has 0 aliphatic heterocycles. The monoisotopic (exact) mass is 507 g/mol. The molecule has 202 valence electrons. The fourth-order valence-electron chi connectivity index (χ4n) is 4.64. The molecule has 1 N–H and O–H groups in total. The molecule has 0 saturated heterocycles. The number of rotatable bonds is 5. The highest BCUT2D eigenvalue weighted by atomic mass is 16.2. The van der Waals surface area contributed by atoms with Crippen molar-refractivity contribution in [2.24, 2.45) is 0 Å². The van der Waals surface area contributed by atoms with Gasteiger partial charge in [-0.05, 0) is 71.2 Å². The average Bonchev–Trinajstić information content (AvgIpc) is 3.19. The highest BCUT2D eigenvalue weighted by Gasteiger charge is 2.21. The summed E-state index contributed by atoms with van der Waals surface area (Å²) in [4.78, 5) is 28.1. The SMILES string of the molecule is CC.CCc1nc2c(cc1-c1nc3c(C)cn(C(C)C)c3cc1C)nc(C(C)C)c(=O)n2C(C)C.CO. The summed E-state index contributed by atoms with van der Waals surface area (Å²) in [5.41, 5.74) is 9.27. The molecular weight excluding hydrogens is 462 g/mol. The van der Waals surface area contributed by atoms with Crippen molar-refractivity contribution in [3.8, 4) is 11.3 Å². The van der Waals surface area contributed by atoms with Crippen LogP contribution in [0.25, 0.3) is 33.5 Å². The number of hydrogen-bond donors (Lipinski definition) is 1. The summed E-state index contributed by atoms with van der Waals surface area (Å²) in [5, 5.41) is 7.00. The normalized spacial score (nSPS) is 11.2. The molecule has 0 aliphatic carbocycles. The number of fused-ring (bicyclic) bond motifs is 2. The molecule has 4 heterocycles. The Morgan fingerprint density at radius 2 is 1.51 bits per heavy atom. The molecule has 4 rings (SSSR count). The standard InChI is InChI=1S/C27H35N5O.C2H6.CH4O/c1-10-20-19(24-17(8)11-22-25(30-24)18(9)13-31(22)15(4)5)12-21-26(29-20)32(16(6)7)27(33)23(28-21)14(2)3;2*1-2/h11-16H,10H2,1-9H3;1-2H3;2H,1H3. The van der Waals surface area contributed by atoms with Crippen LogP contribution in [0.1, 0.15) is 103 Å². The first-order valence-corrected chi connectivity index (χ1v) is 13.4. The fourth-order valence-corrected chi connectivity index (χ4v) is 4.64. The van der Waals surface area contributed by atoms with E-state index in [0.717, 1.165) is 52.6 Å². The molecule has 0 aromatic carbocycles. The first-order valence-electron chi connectivity index (χ1n) is 13.4. The Labute approximate surface area is 221 Å². The van der Waals surface area contributed by atoms with Gasteiger partial charge in [0, 0.05) is 36.9 Å². The summed E-state index contributed by atoms with van der Waals surface area (Å²) >= 11 is 0. The number of aliphatic hydroxyl groups is 1. The lowest BCUT2D eigenvalue weighted by Gasteiger charge is -2.18. The lowest BCUT2D eigenvalue weighted by atomic mass is 10.0. The maximum absolute atomic E-state index is 13.2. The second-order valence-corrected chi connectivity index (χ2v) is 9.93. The Balaban J connectivity index is 0.00000115. The molecule has 0 atom stereocenters. The van der Waals surface area contributed by atoms with Crippen LogP contribution in [0.5, 0.6) is 0 Å². The molecule has 0 radical (unpaired) electrons.